The second-order valence-electron chi connectivity index (χ2n) is 7.44. The molecule has 2 aromatic carbocycles. The Hall–Kier alpha value is -2.17. The highest BCUT2D eigenvalue weighted by Crippen LogP contribution is 2.19. The van der Waals surface area contributed by atoms with Gasteiger partial charge in [0.25, 0.3) is 0 Å². The molecule has 0 saturated heterocycles. The van der Waals surface area contributed by atoms with E-state index in [1.807, 2.05) is 50.4 Å². The molecule has 0 aliphatic heterocycles. The van der Waals surface area contributed by atoms with Crippen LogP contribution in [0.15, 0.2) is 59.7 Å². The molecule has 0 aliphatic rings. The number of rotatable bonds is 10. The van der Waals surface area contributed by atoms with Gasteiger partial charge in [-0.2, -0.15) is 0 Å². The highest BCUT2D eigenvalue weighted by molar-refractivity contribution is 14.0. The van der Waals surface area contributed by atoms with Gasteiger partial charge in [-0.1, -0.05) is 30.3 Å². The van der Waals surface area contributed by atoms with Crippen LogP contribution in [-0.2, 0) is 11.2 Å². The Balaban J connectivity index is 0.00000363. The lowest BCUT2D eigenvalue weighted by molar-refractivity contribution is 0.00112. The largest absolute Gasteiger partial charge is 0.389 e. The third-order valence-corrected chi connectivity index (χ3v) is 5.03. The number of nitrogens with zero attached hydrogens (tertiary/aromatic N) is 1. The van der Waals surface area contributed by atoms with Crippen LogP contribution in [0.3, 0.4) is 0 Å². The lowest BCUT2D eigenvalue weighted by Gasteiger charge is -2.16. The molecule has 0 radical (unpaired) electrons. The average Bonchev–Trinajstić information content (AvgIpc) is 3.18. The van der Waals surface area contributed by atoms with Gasteiger partial charge in [0.15, 0.2) is 5.96 Å². The van der Waals surface area contributed by atoms with Gasteiger partial charge in [0.2, 0.25) is 0 Å². The van der Waals surface area contributed by atoms with E-state index in [1.165, 1.54) is 6.07 Å². The van der Waals surface area contributed by atoms with E-state index in [4.69, 9.17) is 4.74 Å². The van der Waals surface area contributed by atoms with Crippen LogP contribution in [0, 0.1) is 5.82 Å². The third kappa shape index (κ3) is 7.75. The molecule has 0 spiro atoms. The summed E-state index contributed by atoms with van der Waals surface area (Å²) in [4.78, 5) is 7.62. The molecular weight excluding hydrogens is 522 g/mol. The molecule has 1 heterocycles. The number of aliphatic hydroxyl groups excluding tert-OH is 1. The van der Waals surface area contributed by atoms with Gasteiger partial charge < -0.3 is 25.5 Å². The summed E-state index contributed by atoms with van der Waals surface area (Å²) in [6, 6.07) is 14.7. The number of aromatic amines is 1. The van der Waals surface area contributed by atoms with Crippen LogP contribution in [0.2, 0.25) is 0 Å². The molecule has 2 atom stereocenters. The van der Waals surface area contributed by atoms with E-state index in [-0.39, 0.29) is 49.0 Å². The van der Waals surface area contributed by atoms with Crippen molar-refractivity contribution in [1.29, 1.82) is 0 Å². The van der Waals surface area contributed by atoms with Gasteiger partial charge in [-0.05, 0) is 49.6 Å². The number of H-pyrrole nitrogens is 1. The summed E-state index contributed by atoms with van der Waals surface area (Å²) in [5.74, 6) is 0.387. The lowest BCUT2D eigenvalue weighted by Crippen LogP contribution is -2.39. The maximum Gasteiger partial charge on any atom is 0.191 e. The van der Waals surface area contributed by atoms with Crippen molar-refractivity contribution in [2.45, 2.75) is 32.5 Å². The number of hydrogen-bond donors (Lipinski definition) is 4. The molecule has 8 heteroatoms. The van der Waals surface area contributed by atoms with Gasteiger partial charge in [-0.3, -0.25) is 4.99 Å². The van der Waals surface area contributed by atoms with Crippen molar-refractivity contribution in [1.82, 2.24) is 15.6 Å². The first-order valence-corrected chi connectivity index (χ1v) is 10.7. The van der Waals surface area contributed by atoms with Crippen LogP contribution in [0.5, 0.6) is 0 Å². The first kappa shape index (κ1) is 26.1. The van der Waals surface area contributed by atoms with Crippen LogP contribution in [0.4, 0.5) is 4.39 Å². The number of guanidine groups is 1. The van der Waals surface area contributed by atoms with Crippen LogP contribution in [0.1, 0.15) is 31.1 Å². The fraction of sp³-hybridized carbons (Fsp3) is 0.375. The topological polar surface area (TPSA) is 81.7 Å². The van der Waals surface area contributed by atoms with E-state index in [0.29, 0.717) is 25.5 Å². The molecule has 0 aliphatic carbocycles. The quantitative estimate of drug-likeness (QED) is 0.172. The summed E-state index contributed by atoms with van der Waals surface area (Å²) in [6.07, 6.45) is 1.84. The Morgan fingerprint density at radius 1 is 1.19 bits per heavy atom. The Labute approximate surface area is 205 Å². The Morgan fingerprint density at radius 2 is 1.97 bits per heavy atom. The molecule has 1 aromatic heterocycles. The summed E-state index contributed by atoms with van der Waals surface area (Å²) in [6.45, 7) is 5.73. The monoisotopic (exact) mass is 554 g/mol. The van der Waals surface area contributed by atoms with Crippen molar-refractivity contribution >= 4 is 40.8 Å². The van der Waals surface area contributed by atoms with Gasteiger partial charge in [0, 0.05) is 30.2 Å². The zero-order chi connectivity index (χ0) is 22.1. The third-order valence-electron chi connectivity index (χ3n) is 5.03. The molecule has 174 valence electrons. The van der Waals surface area contributed by atoms with Gasteiger partial charge in [-0.15, -0.1) is 24.0 Å². The maximum absolute atomic E-state index is 13.5. The van der Waals surface area contributed by atoms with Gasteiger partial charge >= 0.3 is 0 Å². The molecule has 3 rings (SSSR count). The molecule has 2 unspecified atom stereocenters. The normalized spacial score (nSPS) is 13.4. The summed E-state index contributed by atoms with van der Waals surface area (Å²) in [7, 11) is 0. The zero-order valence-corrected chi connectivity index (χ0v) is 20.8. The van der Waals surface area contributed by atoms with E-state index < -0.39 is 6.10 Å². The second-order valence-corrected chi connectivity index (χ2v) is 7.44. The van der Waals surface area contributed by atoms with E-state index in [1.54, 1.807) is 12.1 Å². The number of hydrogen-bond acceptors (Lipinski definition) is 3. The van der Waals surface area contributed by atoms with Crippen molar-refractivity contribution in [2.75, 3.05) is 26.2 Å². The number of aliphatic hydroxyl groups is 1. The van der Waals surface area contributed by atoms with Crippen LogP contribution in [0.25, 0.3) is 10.9 Å². The summed E-state index contributed by atoms with van der Waals surface area (Å²) < 4.78 is 19.3. The second kappa shape index (κ2) is 13.4. The molecule has 0 saturated carbocycles. The summed E-state index contributed by atoms with van der Waals surface area (Å²) >= 11 is 0. The molecule has 4 N–H and O–H groups in total. The van der Waals surface area contributed by atoms with E-state index in [2.05, 4.69) is 20.6 Å². The predicted octanol–water partition coefficient (Wildman–Crippen LogP) is 4.16. The van der Waals surface area contributed by atoms with Crippen molar-refractivity contribution in [2.24, 2.45) is 4.99 Å². The van der Waals surface area contributed by atoms with Crippen LogP contribution in [-0.4, -0.2) is 48.4 Å². The first-order valence-electron chi connectivity index (χ1n) is 10.7. The number of aliphatic imine (C=N–C) groups is 1. The van der Waals surface area contributed by atoms with Crippen molar-refractivity contribution < 1.29 is 14.2 Å². The average molecular weight is 554 g/mol. The standard InChI is InChI=1S/C24H31FN4O2.HI/c1-3-26-24(27-12-11-19-14-28-23-10-9-20(25)13-22(19)23)29-15-21(30)16-31-17(2)18-7-5-4-6-8-18;/h4-10,13-14,17,21,28,30H,3,11-12,15-16H2,1-2H3,(H2,26,27,29);1H. The molecule has 0 bridgehead atoms. The number of aromatic nitrogens is 1. The molecule has 0 amide bonds. The molecule has 32 heavy (non-hydrogen) atoms. The minimum absolute atomic E-state index is 0. The fourth-order valence-electron chi connectivity index (χ4n) is 3.34. The number of halogens is 2. The number of fused-ring (bicyclic) bond motifs is 1. The van der Waals surface area contributed by atoms with Crippen LogP contribution >= 0.6 is 24.0 Å². The van der Waals surface area contributed by atoms with E-state index in [9.17, 15) is 9.50 Å². The number of benzene rings is 2. The summed E-state index contributed by atoms with van der Waals surface area (Å²) in [5, 5.41) is 17.6. The minimum atomic E-state index is -0.696. The van der Waals surface area contributed by atoms with Crippen molar-refractivity contribution in [3.63, 3.8) is 0 Å². The number of ether oxygens (including phenoxy) is 1. The highest BCUT2D eigenvalue weighted by atomic mass is 127. The molecular formula is C24H32FIN4O2. The van der Waals surface area contributed by atoms with Crippen LogP contribution < -0.4 is 10.6 Å². The van der Waals surface area contributed by atoms with Gasteiger partial charge in [-0.25, -0.2) is 4.39 Å². The predicted molar refractivity (Wildman–Crippen MR) is 138 cm³/mol. The zero-order valence-electron chi connectivity index (χ0n) is 18.5. The fourth-order valence-corrected chi connectivity index (χ4v) is 3.34. The Kier molecular flexibility index (Phi) is 10.9. The molecule has 3 aromatic rings. The maximum atomic E-state index is 13.5. The van der Waals surface area contributed by atoms with Gasteiger partial charge in [0.05, 0.1) is 25.4 Å². The van der Waals surface area contributed by atoms with E-state index in [0.717, 1.165) is 22.0 Å². The highest BCUT2D eigenvalue weighted by Gasteiger charge is 2.10. The Bertz CT molecular complexity index is 981. The minimum Gasteiger partial charge on any atom is -0.389 e. The smallest absolute Gasteiger partial charge is 0.191 e. The molecule has 6 nitrogen and oxygen atoms in total. The van der Waals surface area contributed by atoms with E-state index >= 15 is 0 Å². The first-order chi connectivity index (χ1) is 15.1. The van der Waals surface area contributed by atoms with Crippen molar-refractivity contribution in [3.8, 4) is 0 Å². The molecule has 0 fully saturated rings. The Morgan fingerprint density at radius 3 is 2.72 bits per heavy atom. The van der Waals surface area contributed by atoms with Crippen molar-refractivity contribution in [3.05, 3.63) is 71.7 Å². The summed E-state index contributed by atoms with van der Waals surface area (Å²) in [5.41, 5.74) is 3.04. The SMILES string of the molecule is CCNC(=NCC(O)COC(C)c1ccccc1)NCCc1c[nH]c2ccc(F)cc12.I. The van der Waals surface area contributed by atoms with Gasteiger partial charge in [0.1, 0.15) is 5.82 Å². The number of nitrogens with one attached hydrogen (secondary N) is 3. The lowest BCUT2D eigenvalue weighted by atomic mass is 10.1.